The zero-order valence-corrected chi connectivity index (χ0v) is 16.1. The molecule has 0 bridgehead atoms. The summed E-state index contributed by atoms with van der Waals surface area (Å²) in [6, 6.07) is 8.25. The van der Waals surface area contributed by atoms with Gasteiger partial charge < -0.3 is 14.2 Å². The van der Waals surface area contributed by atoms with Crippen LogP contribution in [0.4, 0.5) is 5.69 Å². The normalized spacial score (nSPS) is 13.8. The van der Waals surface area contributed by atoms with Gasteiger partial charge in [0.1, 0.15) is 17.2 Å². The molecular formula is C17H18N6O5S. The summed E-state index contributed by atoms with van der Waals surface area (Å²) in [5.74, 6) is 7.09. The molecule has 12 heteroatoms. The third-order valence-electron chi connectivity index (χ3n) is 4.36. The number of nitrogens with one attached hydrogen (secondary N) is 1. The van der Waals surface area contributed by atoms with Gasteiger partial charge in [0.25, 0.3) is 0 Å². The van der Waals surface area contributed by atoms with Gasteiger partial charge in [-0.25, -0.2) is 10.5 Å². The largest absolute Gasteiger partial charge is 0.496 e. The summed E-state index contributed by atoms with van der Waals surface area (Å²) in [6.45, 7) is 0.716. The lowest BCUT2D eigenvalue weighted by atomic mass is 10.1. The fraction of sp³-hybridized carbons (Fsp3) is 0.176. The number of fused-ring (bicyclic) bond motifs is 1. The molecule has 4 rings (SSSR count). The fourth-order valence-corrected chi connectivity index (χ4v) is 3.56. The molecule has 0 spiro atoms. The Morgan fingerprint density at radius 3 is 2.90 bits per heavy atom. The number of nitrogens with zero attached hydrogens (tertiary/aromatic N) is 4. The number of ether oxygens (including phenoxy) is 1. The van der Waals surface area contributed by atoms with Crippen LogP contribution in [0.2, 0.25) is 0 Å². The summed E-state index contributed by atoms with van der Waals surface area (Å²) in [7, 11) is -2.91. The molecule has 0 saturated carbocycles. The highest BCUT2D eigenvalue weighted by Crippen LogP contribution is 2.31. The van der Waals surface area contributed by atoms with E-state index in [4.69, 9.17) is 19.5 Å². The van der Waals surface area contributed by atoms with Crippen molar-refractivity contribution in [2.24, 2.45) is 5.84 Å². The molecule has 1 aliphatic heterocycles. The molecule has 0 amide bonds. The Kier molecular flexibility index (Phi) is 4.74. The summed E-state index contributed by atoms with van der Waals surface area (Å²) in [6.07, 6.45) is 3.32. The van der Waals surface area contributed by atoms with E-state index in [1.165, 1.54) is 24.3 Å². The molecule has 0 unspecified atom stereocenters. The topological polar surface area (TPSA) is 149 Å². The molecular weight excluding hydrogens is 400 g/mol. The number of rotatable bonds is 6. The minimum absolute atomic E-state index is 0.171. The molecule has 0 radical (unpaired) electrons. The van der Waals surface area contributed by atoms with Crippen LogP contribution in [0.15, 0.2) is 47.2 Å². The van der Waals surface area contributed by atoms with Crippen molar-refractivity contribution in [3.8, 4) is 5.75 Å². The van der Waals surface area contributed by atoms with Crippen LogP contribution in [0.5, 0.6) is 5.75 Å². The van der Waals surface area contributed by atoms with Gasteiger partial charge >= 0.3 is 10.3 Å². The lowest BCUT2D eigenvalue weighted by Gasteiger charge is -2.22. The molecule has 2 aromatic heterocycles. The van der Waals surface area contributed by atoms with Crippen molar-refractivity contribution in [2.75, 3.05) is 11.8 Å². The van der Waals surface area contributed by atoms with E-state index in [-0.39, 0.29) is 5.69 Å². The molecule has 3 aromatic rings. The van der Waals surface area contributed by atoms with E-state index in [0.717, 1.165) is 16.8 Å². The number of hydrazine groups is 1. The second kappa shape index (κ2) is 7.24. The molecule has 1 aromatic carbocycles. The van der Waals surface area contributed by atoms with E-state index >= 15 is 0 Å². The van der Waals surface area contributed by atoms with Gasteiger partial charge in [-0.2, -0.15) is 8.42 Å². The Morgan fingerprint density at radius 1 is 1.38 bits per heavy atom. The van der Waals surface area contributed by atoms with Crippen LogP contribution in [0.25, 0.3) is 5.57 Å². The number of anilines is 1. The summed E-state index contributed by atoms with van der Waals surface area (Å²) >= 11 is 0. The molecule has 29 heavy (non-hydrogen) atoms. The standard InChI is InChI=1S/C17H18N6O5S/c1-27-16-7-12(20-29(24,25)26)5-4-11(16)8-23-14-10-22(18)9-13(17(14)19-21-23)15-3-2-6-28-15/h2-7,9,20H,8,10,18H2,1H3,(H,24,25,26). The average molecular weight is 418 g/mol. The summed E-state index contributed by atoms with van der Waals surface area (Å²) in [4.78, 5) is 0. The first-order valence-corrected chi connectivity index (χ1v) is 9.90. The van der Waals surface area contributed by atoms with Crippen molar-refractivity contribution in [3.05, 3.63) is 65.5 Å². The van der Waals surface area contributed by atoms with E-state index in [9.17, 15) is 8.42 Å². The van der Waals surface area contributed by atoms with Gasteiger partial charge in [0.05, 0.1) is 43.4 Å². The summed E-state index contributed by atoms with van der Waals surface area (Å²) in [5.41, 5.74) is 3.10. The molecule has 1 aliphatic rings. The number of benzene rings is 1. The van der Waals surface area contributed by atoms with Gasteiger partial charge in [0.2, 0.25) is 0 Å². The number of furan rings is 1. The lowest BCUT2D eigenvalue weighted by Crippen LogP contribution is -2.29. The highest BCUT2D eigenvalue weighted by molar-refractivity contribution is 7.87. The van der Waals surface area contributed by atoms with Crippen LogP contribution in [0, 0.1) is 0 Å². The van der Waals surface area contributed by atoms with Crippen molar-refractivity contribution in [2.45, 2.75) is 13.1 Å². The second-order valence-electron chi connectivity index (χ2n) is 6.34. The molecule has 11 nitrogen and oxygen atoms in total. The minimum Gasteiger partial charge on any atom is -0.496 e. The van der Waals surface area contributed by atoms with Gasteiger partial charge in [-0.15, -0.1) is 5.10 Å². The van der Waals surface area contributed by atoms with Crippen LogP contribution in [0.1, 0.15) is 22.7 Å². The Balaban J connectivity index is 1.66. The number of hydrogen-bond acceptors (Lipinski definition) is 8. The highest BCUT2D eigenvalue weighted by Gasteiger charge is 2.25. The average Bonchev–Trinajstić information content (AvgIpc) is 3.31. The van der Waals surface area contributed by atoms with Gasteiger partial charge in [-0.3, -0.25) is 9.27 Å². The zero-order valence-electron chi connectivity index (χ0n) is 15.3. The van der Waals surface area contributed by atoms with E-state index in [0.29, 0.717) is 30.3 Å². The monoisotopic (exact) mass is 418 g/mol. The first-order chi connectivity index (χ1) is 13.8. The van der Waals surface area contributed by atoms with Crippen LogP contribution in [0.3, 0.4) is 0 Å². The van der Waals surface area contributed by atoms with Crippen molar-refractivity contribution >= 4 is 21.6 Å². The third kappa shape index (κ3) is 3.94. The maximum atomic E-state index is 11.0. The number of methoxy groups -OCH3 is 1. The van der Waals surface area contributed by atoms with Crippen molar-refractivity contribution in [1.29, 1.82) is 0 Å². The Morgan fingerprint density at radius 2 is 2.21 bits per heavy atom. The number of aromatic nitrogens is 3. The smallest absolute Gasteiger partial charge is 0.357 e. The Labute approximate surface area is 166 Å². The van der Waals surface area contributed by atoms with Crippen LogP contribution in [-0.2, 0) is 23.4 Å². The second-order valence-corrected chi connectivity index (χ2v) is 7.49. The first kappa shape index (κ1) is 19.0. The third-order valence-corrected chi connectivity index (χ3v) is 4.85. The van der Waals surface area contributed by atoms with Gasteiger partial charge in [-0.1, -0.05) is 11.3 Å². The van der Waals surface area contributed by atoms with E-state index in [1.807, 2.05) is 10.8 Å². The van der Waals surface area contributed by atoms with Crippen molar-refractivity contribution in [1.82, 2.24) is 20.0 Å². The van der Waals surface area contributed by atoms with Gasteiger partial charge in [0, 0.05) is 17.8 Å². The molecule has 0 fully saturated rings. The first-order valence-electron chi connectivity index (χ1n) is 8.46. The molecule has 0 saturated heterocycles. The van der Waals surface area contributed by atoms with E-state index in [1.54, 1.807) is 29.3 Å². The van der Waals surface area contributed by atoms with Crippen LogP contribution < -0.4 is 15.3 Å². The molecule has 152 valence electrons. The summed E-state index contributed by atoms with van der Waals surface area (Å²) < 4.78 is 45.5. The zero-order chi connectivity index (χ0) is 20.6. The predicted molar refractivity (Wildman–Crippen MR) is 103 cm³/mol. The SMILES string of the molecule is COc1cc(NS(=O)(=O)O)ccc1Cn1nnc2c1CN(N)C=C2c1ccco1. The quantitative estimate of drug-likeness (QED) is 0.397. The van der Waals surface area contributed by atoms with E-state index in [2.05, 4.69) is 10.3 Å². The fourth-order valence-electron chi connectivity index (χ4n) is 3.13. The Bertz CT molecular complexity index is 1170. The van der Waals surface area contributed by atoms with Crippen molar-refractivity contribution in [3.63, 3.8) is 0 Å². The van der Waals surface area contributed by atoms with Crippen LogP contribution >= 0.6 is 0 Å². The highest BCUT2D eigenvalue weighted by atomic mass is 32.2. The number of nitrogens with two attached hydrogens (primary N) is 1. The predicted octanol–water partition coefficient (Wildman–Crippen LogP) is 1.22. The minimum atomic E-state index is -4.38. The summed E-state index contributed by atoms with van der Waals surface area (Å²) in [5, 5.41) is 10.0. The number of hydrogen-bond donors (Lipinski definition) is 3. The molecule has 0 atom stereocenters. The lowest BCUT2D eigenvalue weighted by molar-refractivity contribution is 0.363. The molecule has 3 heterocycles. The Hall–Kier alpha value is -3.35. The van der Waals surface area contributed by atoms with Crippen molar-refractivity contribution < 1.29 is 22.1 Å². The molecule has 4 N–H and O–H groups in total. The molecule has 0 aliphatic carbocycles. The van der Waals surface area contributed by atoms with Gasteiger partial charge in [-0.05, 0) is 18.2 Å². The maximum Gasteiger partial charge on any atom is 0.357 e. The maximum absolute atomic E-state index is 11.0. The van der Waals surface area contributed by atoms with Gasteiger partial charge in [0.15, 0.2) is 0 Å². The van der Waals surface area contributed by atoms with E-state index < -0.39 is 10.3 Å². The van der Waals surface area contributed by atoms with Crippen LogP contribution in [-0.4, -0.2) is 40.1 Å².